The molecule has 18 heavy (non-hydrogen) atoms. The first-order valence-electron chi connectivity index (χ1n) is 6.97. The molecule has 1 aliphatic carbocycles. The molecule has 0 amide bonds. The monoisotopic (exact) mass is 256 g/mol. The summed E-state index contributed by atoms with van der Waals surface area (Å²) in [7, 11) is 0. The molecule has 0 aliphatic heterocycles. The van der Waals surface area contributed by atoms with Gasteiger partial charge in [-0.3, -0.25) is 9.59 Å². The van der Waals surface area contributed by atoms with Crippen molar-refractivity contribution in [1.82, 2.24) is 0 Å². The highest BCUT2D eigenvalue weighted by Gasteiger charge is 2.41. The number of ether oxygens (including phenoxy) is 2. The van der Waals surface area contributed by atoms with Crippen LogP contribution in [0.15, 0.2) is 0 Å². The predicted molar refractivity (Wildman–Crippen MR) is 68.2 cm³/mol. The molecule has 4 nitrogen and oxygen atoms in total. The molecule has 0 aromatic carbocycles. The van der Waals surface area contributed by atoms with E-state index in [0.29, 0.717) is 25.6 Å². The Morgan fingerprint density at radius 2 is 1.83 bits per heavy atom. The first-order chi connectivity index (χ1) is 8.65. The van der Waals surface area contributed by atoms with Gasteiger partial charge in [-0.25, -0.2) is 0 Å². The molecule has 0 N–H and O–H groups in total. The van der Waals surface area contributed by atoms with E-state index < -0.39 is 18.0 Å². The Balaban J connectivity index is 2.69. The number of ketones is 1. The molecular weight excluding hydrogens is 232 g/mol. The predicted octanol–water partition coefficient (Wildman–Crippen LogP) is 2.35. The van der Waals surface area contributed by atoms with Crippen LogP contribution in [0.3, 0.4) is 0 Å². The molecule has 0 aromatic rings. The number of rotatable bonds is 9. The van der Waals surface area contributed by atoms with E-state index in [2.05, 4.69) is 0 Å². The Bertz CT molecular complexity index is 284. The second-order valence-electron chi connectivity index (χ2n) is 4.71. The SMILES string of the molecule is CCCC(C(=O)OCC)C(=O)C(OCC)C1CC1. The summed E-state index contributed by atoms with van der Waals surface area (Å²) >= 11 is 0. The van der Waals surface area contributed by atoms with Gasteiger partial charge in [-0.2, -0.15) is 0 Å². The molecule has 104 valence electrons. The van der Waals surface area contributed by atoms with E-state index in [1.165, 1.54) is 0 Å². The summed E-state index contributed by atoms with van der Waals surface area (Å²) in [6.45, 7) is 6.42. The highest BCUT2D eigenvalue weighted by atomic mass is 16.5. The normalized spacial score (nSPS) is 18.2. The van der Waals surface area contributed by atoms with Crippen molar-refractivity contribution in [2.24, 2.45) is 11.8 Å². The van der Waals surface area contributed by atoms with Crippen LogP contribution < -0.4 is 0 Å². The summed E-state index contributed by atoms with van der Waals surface area (Å²) in [5, 5.41) is 0. The lowest BCUT2D eigenvalue weighted by Crippen LogP contribution is -2.37. The van der Waals surface area contributed by atoms with Gasteiger partial charge in [0.2, 0.25) is 0 Å². The van der Waals surface area contributed by atoms with E-state index in [9.17, 15) is 9.59 Å². The summed E-state index contributed by atoms with van der Waals surface area (Å²) < 4.78 is 10.5. The zero-order chi connectivity index (χ0) is 13.5. The lowest BCUT2D eigenvalue weighted by atomic mass is 9.93. The van der Waals surface area contributed by atoms with Crippen molar-refractivity contribution < 1.29 is 19.1 Å². The van der Waals surface area contributed by atoms with Crippen LogP contribution >= 0.6 is 0 Å². The van der Waals surface area contributed by atoms with E-state index >= 15 is 0 Å². The van der Waals surface area contributed by atoms with Gasteiger partial charge in [0.25, 0.3) is 0 Å². The summed E-state index contributed by atoms with van der Waals surface area (Å²) in [5.41, 5.74) is 0. The van der Waals surface area contributed by atoms with E-state index in [1.54, 1.807) is 6.92 Å². The number of carbonyl (C=O) groups excluding carboxylic acids is 2. The van der Waals surface area contributed by atoms with Gasteiger partial charge in [0.1, 0.15) is 12.0 Å². The number of hydrogen-bond acceptors (Lipinski definition) is 4. The molecule has 0 aromatic heterocycles. The third-order valence-corrected chi connectivity index (χ3v) is 3.17. The minimum absolute atomic E-state index is 0.0837. The fourth-order valence-corrected chi connectivity index (χ4v) is 2.14. The molecule has 1 rings (SSSR count). The maximum Gasteiger partial charge on any atom is 0.316 e. The van der Waals surface area contributed by atoms with Crippen molar-refractivity contribution in [3.05, 3.63) is 0 Å². The number of carbonyl (C=O) groups is 2. The van der Waals surface area contributed by atoms with Gasteiger partial charge in [-0.1, -0.05) is 13.3 Å². The molecule has 4 heteroatoms. The smallest absolute Gasteiger partial charge is 0.316 e. The second-order valence-corrected chi connectivity index (χ2v) is 4.71. The van der Waals surface area contributed by atoms with Crippen LogP contribution in [0.1, 0.15) is 46.5 Å². The zero-order valence-electron chi connectivity index (χ0n) is 11.6. The minimum atomic E-state index is -0.646. The van der Waals surface area contributed by atoms with Crippen LogP contribution in [0, 0.1) is 11.8 Å². The Morgan fingerprint density at radius 3 is 2.28 bits per heavy atom. The van der Waals surface area contributed by atoms with Gasteiger partial charge < -0.3 is 9.47 Å². The van der Waals surface area contributed by atoms with Crippen LogP contribution in [0.5, 0.6) is 0 Å². The fraction of sp³-hybridized carbons (Fsp3) is 0.857. The van der Waals surface area contributed by atoms with Gasteiger partial charge in [0, 0.05) is 6.61 Å². The van der Waals surface area contributed by atoms with Crippen molar-refractivity contribution in [1.29, 1.82) is 0 Å². The summed E-state index contributed by atoms with van der Waals surface area (Å²) in [5.74, 6) is -0.812. The van der Waals surface area contributed by atoms with Gasteiger partial charge in [0.05, 0.1) is 6.61 Å². The average Bonchev–Trinajstić information content (AvgIpc) is 3.16. The molecule has 2 unspecified atom stereocenters. The van der Waals surface area contributed by atoms with Crippen LogP contribution in [-0.2, 0) is 19.1 Å². The lowest BCUT2D eigenvalue weighted by molar-refractivity contribution is -0.155. The first kappa shape index (κ1) is 15.2. The maximum atomic E-state index is 12.4. The largest absolute Gasteiger partial charge is 0.465 e. The van der Waals surface area contributed by atoms with E-state index in [4.69, 9.17) is 9.47 Å². The second kappa shape index (κ2) is 7.52. The van der Waals surface area contributed by atoms with E-state index in [0.717, 1.165) is 19.3 Å². The highest BCUT2D eigenvalue weighted by Crippen LogP contribution is 2.36. The van der Waals surface area contributed by atoms with Crippen molar-refractivity contribution >= 4 is 11.8 Å². The number of Topliss-reactive ketones (excluding diaryl/α,β-unsaturated/α-hetero) is 1. The quantitative estimate of drug-likeness (QED) is 0.469. The van der Waals surface area contributed by atoms with Crippen molar-refractivity contribution in [2.75, 3.05) is 13.2 Å². The van der Waals surface area contributed by atoms with E-state index in [-0.39, 0.29) is 5.78 Å². The van der Waals surface area contributed by atoms with Crippen LogP contribution in [-0.4, -0.2) is 31.1 Å². The minimum Gasteiger partial charge on any atom is -0.465 e. The van der Waals surface area contributed by atoms with Crippen LogP contribution in [0.4, 0.5) is 0 Å². The van der Waals surface area contributed by atoms with Crippen LogP contribution in [0.25, 0.3) is 0 Å². The molecule has 1 aliphatic rings. The topological polar surface area (TPSA) is 52.6 Å². The Labute approximate surface area is 109 Å². The van der Waals surface area contributed by atoms with Gasteiger partial charge in [0.15, 0.2) is 5.78 Å². The zero-order valence-corrected chi connectivity index (χ0v) is 11.6. The Morgan fingerprint density at radius 1 is 1.17 bits per heavy atom. The molecule has 0 radical (unpaired) electrons. The third kappa shape index (κ3) is 4.09. The summed E-state index contributed by atoms with van der Waals surface area (Å²) in [6.07, 6.45) is 2.99. The third-order valence-electron chi connectivity index (χ3n) is 3.17. The van der Waals surface area contributed by atoms with Crippen LogP contribution in [0.2, 0.25) is 0 Å². The molecular formula is C14H24O4. The van der Waals surface area contributed by atoms with E-state index in [1.807, 2.05) is 13.8 Å². The van der Waals surface area contributed by atoms with Crippen molar-refractivity contribution in [3.63, 3.8) is 0 Å². The average molecular weight is 256 g/mol. The Hall–Kier alpha value is -0.900. The Kier molecular flexibility index (Phi) is 6.33. The van der Waals surface area contributed by atoms with Gasteiger partial charge in [-0.05, 0) is 39.0 Å². The molecule has 1 fully saturated rings. The lowest BCUT2D eigenvalue weighted by Gasteiger charge is -2.20. The summed E-state index contributed by atoms with van der Waals surface area (Å²) in [6, 6.07) is 0. The molecule has 0 heterocycles. The summed E-state index contributed by atoms with van der Waals surface area (Å²) in [4.78, 5) is 24.2. The molecule has 2 atom stereocenters. The molecule has 0 spiro atoms. The maximum absolute atomic E-state index is 12.4. The number of hydrogen-bond donors (Lipinski definition) is 0. The van der Waals surface area contributed by atoms with Gasteiger partial charge in [-0.15, -0.1) is 0 Å². The standard InChI is InChI=1S/C14H24O4/c1-4-7-11(14(16)18-6-3)12(15)13(17-5-2)10-8-9-10/h10-11,13H,4-9H2,1-3H3. The van der Waals surface area contributed by atoms with Gasteiger partial charge >= 0.3 is 5.97 Å². The molecule has 0 saturated heterocycles. The number of esters is 1. The fourth-order valence-electron chi connectivity index (χ4n) is 2.14. The van der Waals surface area contributed by atoms with Crippen molar-refractivity contribution in [2.45, 2.75) is 52.6 Å². The first-order valence-corrected chi connectivity index (χ1v) is 6.97. The molecule has 1 saturated carbocycles. The molecule has 0 bridgehead atoms. The highest BCUT2D eigenvalue weighted by molar-refractivity contribution is 6.01. The van der Waals surface area contributed by atoms with Crippen molar-refractivity contribution in [3.8, 4) is 0 Å².